The minimum atomic E-state index is -2.67. The lowest BCUT2D eigenvalue weighted by Gasteiger charge is -2.50. The van der Waals surface area contributed by atoms with Gasteiger partial charge in [-0.1, -0.05) is 5.16 Å². The minimum absolute atomic E-state index is 0.00379. The van der Waals surface area contributed by atoms with Gasteiger partial charge in [0.05, 0.1) is 17.3 Å². The summed E-state index contributed by atoms with van der Waals surface area (Å²) in [5.74, 6) is -6.89. The predicted molar refractivity (Wildman–Crippen MR) is 137 cm³/mol. The topological polar surface area (TPSA) is 183 Å². The van der Waals surface area contributed by atoms with Gasteiger partial charge in [-0.25, -0.2) is 0 Å². The van der Waals surface area contributed by atoms with Gasteiger partial charge in [-0.15, -0.1) is 0 Å². The van der Waals surface area contributed by atoms with Crippen LogP contribution in [0.1, 0.15) is 50.8 Å². The normalized spacial score (nSPS) is 27.8. The van der Waals surface area contributed by atoms with E-state index in [0.717, 1.165) is 0 Å². The van der Waals surface area contributed by atoms with Crippen molar-refractivity contribution < 1.29 is 39.6 Å². The summed E-state index contributed by atoms with van der Waals surface area (Å²) < 4.78 is 0. The summed E-state index contributed by atoms with van der Waals surface area (Å²) in [5.41, 5.74) is 2.66. The number of likely N-dealkylation sites (N-methyl/N-ethyl adjacent to an activating group) is 1. The molecule has 0 aromatic heterocycles. The first-order valence-corrected chi connectivity index (χ1v) is 12.2. The Morgan fingerprint density at radius 1 is 1.18 bits per heavy atom. The standard InChI is InChI=1S/C27H33N3O8/c1-11(29-38-26(2,3)4)13-7-8-16(31)18-14(13)9-12-10-15-20(30(5)6)22(33)19(25(28)36)24(35)27(15,37)23(34)17(12)21(18)32/h7-8,12,15,20,31-32,35,37H,9-10H2,1-6H3,(H2,28,36)/b29-11+. The zero-order chi connectivity index (χ0) is 28.5. The number of fused-ring (bicyclic) bond motifs is 3. The highest BCUT2D eigenvalue weighted by Gasteiger charge is 2.64. The number of benzene rings is 1. The van der Waals surface area contributed by atoms with Gasteiger partial charge < -0.3 is 31.0 Å². The lowest BCUT2D eigenvalue weighted by atomic mass is 9.57. The number of carbonyl (C=O) groups excluding carboxylic acids is 3. The van der Waals surface area contributed by atoms with Gasteiger partial charge in [-0.3, -0.25) is 19.3 Å². The lowest BCUT2D eigenvalue weighted by molar-refractivity contribution is -0.153. The third-order valence-electron chi connectivity index (χ3n) is 7.45. The van der Waals surface area contributed by atoms with Gasteiger partial charge >= 0.3 is 0 Å². The van der Waals surface area contributed by atoms with Crippen molar-refractivity contribution in [1.82, 2.24) is 4.90 Å². The largest absolute Gasteiger partial charge is 0.508 e. The summed E-state index contributed by atoms with van der Waals surface area (Å²) in [6.45, 7) is 7.24. The molecule has 1 aromatic rings. The second kappa shape index (κ2) is 8.95. The van der Waals surface area contributed by atoms with Crippen LogP contribution in [0.25, 0.3) is 5.76 Å². The van der Waals surface area contributed by atoms with E-state index in [1.165, 1.54) is 11.0 Å². The summed E-state index contributed by atoms with van der Waals surface area (Å²) in [6.07, 6.45) is 0.177. The first-order chi connectivity index (χ1) is 17.5. The third kappa shape index (κ3) is 3.97. The number of nitrogens with zero attached hydrogens (tertiary/aromatic N) is 2. The maximum Gasteiger partial charge on any atom is 0.255 e. The molecule has 0 heterocycles. The molecule has 0 spiro atoms. The number of carbonyl (C=O) groups is 3. The number of aliphatic hydroxyl groups excluding tert-OH is 2. The van der Waals surface area contributed by atoms with Gasteiger partial charge in [0, 0.05) is 17.1 Å². The Morgan fingerprint density at radius 3 is 2.37 bits per heavy atom. The Balaban J connectivity index is 1.93. The molecule has 38 heavy (non-hydrogen) atoms. The molecule has 4 rings (SSSR count). The molecular formula is C27H33N3O8. The molecule has 11 nitrogen and oxygen atoms in total. The van der Waals surface area contributed by atoms with Crippen LogP contribution in [-0.2, 0) is 25.6 Å². The molecule has 1 fully saturated rings. The molecule has 4 unspecified atom stereocenters. The van der Waals surface area contributed by atoms with Crippen LogP contribution >= 0.6 is 0 Å². The van der Waals surface area contributed by atoms with Crippen LogP contribution in [0, 0.1) is 11.8 Å². The molecular weight excluding hydrogens is 494 g/mol. The summed E-state index contributed by atoms with van der Waals surface area (Å²) >= 11 is 0. The van der Waals surface area contributed by atoms with E-state index in [-0.39, 0.29) is 29.7 Å². The van der Waals surface area contributed by atoms with E-state index in [2.05, 4.69) is 5.16 Å². The fourth-order valence-corrected chi connectivity index (χ4v) is 5.84. The van der Waals surface area contributed by atoms with Gasteiger partial charge in [0.25, 0.3) is 5.91 Å². The van der Waals surface area contributed by atoms with Crippen molar-refractivity contribution in [2.75, 3.05) is 14.1 Å². The highest BCUT2D eigenvalue weighted by molar-refractivity contribution is 6.24. The van der Waals surface area contributed by atoms with E-state index >= 15 is 0 Å². The van der Waals surface area contributed by atoms with Crippen LogP contribution in [0.2, 0.25) is 0 Å². The van der Waals surface area contributed by atoms with Gasteiger partial charge in [0.15, 0.2) is 11.4 Å². The number of ketones is 2. The van der Waals surface area contributed by atoms with Crippen molar-refractivity contribution in [1.29, 1.82) is 0 Å². The maximum atomic E-state index is 13.9. The first kappa shape index (κ1) is 27.3. The summed E-state index contributed by atoms with van der Waals surface area (Å²) in [6, 6.07) is 1.86. The fraction of sp³-hybridized carbons (Fsp3) is 0.481. The number of nitrogens with two attached hydrogens (primary N) is 1. The molecule has 3 aliphatic rings. The van der Waals surface area contributed by atoms with Crippen LogP contribution in [-0.4, -0.2) is 79.9 Å². The molecule has 6 N–H and O–H groups in total. The van der Waals surface area contributed by atoms with Crippen molar-refractivity contribution in [2.45, 2.75) is 57.8 Å². The zero-order valence-corrected chi connectivity index (χ0v) is 22.2. The molecule has 1 amide bonds. The van der Waals surface area contributed by atoms with Crippen molar-refractivity contribution in [3.63, 3.8) is 0 Å². The third-order valence-corrected chi connectivity index (χ3v) is 7.45. The number of aliphatic hydroxyl groups is 3. The number of hydrogen-bond donors (Lipinski definition) is 5. The van der Waals surface area contributed by atoms with E-state index in [0.29, 0.717) is 16.8 Å². The van der Waals surface area contributed by atoms with Gasteiger partial charge in [0.1, 0.15) is 28.4 Å². The highest BCUT2D eigenvalue weighted by atomic mass is 16.6. The second-order valence-corrected chi connectivity index (χ2v) is 11.3. The molecule has 11 heteroatoms. The van der Waals surface area contributed by atoms with Crippen LogP contribution in [0.3, 0.4) is 0 Å². The molecule has 1 saturated carbocycles. The second-order valence-electron chi connectivity index (χ2n) is 11.3. The Bertz CT molecular complexity index is 1350. The first-order valence-electron chi connectivity index (χ1n) is 12.2. The van der Waals surface area contributed by atoms with Crippen molar-refractivity contribution in [2.24, 2.45) is 22.7 Å². The minimum Gasteiger partial charge on any atom is -0.508 e. The lowest BCUT2D eigenvalue weighted by Crippen LogP contribution is -2.65. The average molecular weight is 528 g/mol. The molecule has 1 aromatic carbocycles. The van der Waals surface area contributed by atoms with Crippen LogP contribution in [0.5, 0.6) is 5.75 Å². The van der Waals surface area contributed by atoms with E-state index in [1.807, 2.05) is 20.8 Å². The molecule has 0 aliphatic heterocycles. The summed E-state index contributed by atoms with van der Waals surface area (Å²) in [4.78, 5) is 46.1. The van der Waals surface area contributed by atoms with Crippen molar-refractivity contribution in [3.05, 3.63) is 45.7 Å². The number of Topliss-reactive ketones (excluding diaryl/α,β-unsaturated/α-hetero) is 2. The fourth-order valence-electron chi connectivity index (χ4n) is 5.84. The Kier molecular flexibility index (Phi) is 6.44. The van der Waals surface area contributed by atoms with E-state index < -0.39 is 63.6 Å². The monoisotopic (exact) mass is 527 g/mol. The van der Waals surface area contributed by atoms with Crippen LogP contribution in [0.15, 0.2) is 34.2 Å². The number of primary amides is 1. The number of hydrogen-bond acceptors (Lipinski definition) is 10. The molecule has 0 saturated heterocycles. The number of oxime groups is 1. The SMILES string of the molecule is C/C(=N\OC(C)(C)C)c1ccc(O)c2c1CC1CC3C(N(C)C)C(=O)C(C(N)=O)=C(O)C3(O)C(=O)C1=C2O. The average Bonchev–Trinajstić information content (AvgIpc) is 2.79. The molecule has 0 radical (unpaired) electrons. The number of phenols is 1. The number of phenolic OH excluding ortho intramolecular Hbond substituents is 1. The number of amides is 1. The highest BCUT2D eigenvalue weighted by Crippen LogP contribution is 2.53. The van der Waals surface area contributed by atoms with Crippen molar-refractivity contribution in [3.8, 4) is 5.75 Å². The predicted octanol–water partition coefficient (Wildman–Crippen LogP) is 1.50. The Morgan fingerprint density at radius 2 is 1.82 bits per heavy atom. The molecule has 4 atom stereocenters. The quantitative estimate of drug-likeness (QED) is 0.220. The molecule has 3 aliphatic carbocycles. The van der Waals surface area contributed by atoms with E-state index in [4.69, 9.17) is 10.6 Å². The Hall–Kier alpha value is -3.70. The molecule has 0 bridgehead atoms. The van der Waals surface area contributed by atoms with Crippen molar-refractivity contribution >= 4 is 28.9 Å². The number of rotatable bonds is 4. The maximum absolute atomic E-state index is 13.9. The Labute approximate surface area is 219 Å². The summed E-state index contributed by atoms with van der Waals surface area (Å²) in [7, 11) is 3.11. The van der Waals surface area contributed by atoms with E-state index in [1.54, 1.807) is 27.1 Å². The zero-order valence-electron chi connectivity index (χ0n) is 22.2. The smallest absolute Gasteiger partial charge is 0.255 e. The van der Waals surface area contributed by atoms with E-state index in [9.17, 15) is 34.8 Å². The van der Waals surface area contributed by atoms with Crippen LogP contribution < -0.4 is 5.73 Å². The van der Waals surface area contributed by atoms with Gasteiger partial charge in [-0.2, -0.15) is 0 Å². The van der Waals surface area contributed by atoms with Gasteiger partial charge in [-0.05, 0) is 78.2 Å². The van der Waals surface area contributed by atoms with Crippen LogP contribution in [0.4, 0.5) is 0 Å². The number of aromatic hydroxyl groups is 1. The molecule has 204 valence electrons. The van der Waals surface area contributed by atoms with Gasteiger partial charge in [0.2, 0.25) is 5.78 Å². The summed E-state index contributed by atoms with van der Waals surface area (Å²) in [5, 5.41) is 48.7.